The highest BCUT2D eigenvalue weighted by Gasteiger charge is 2.59. The van der Waals surface area contributed by atoms with Crippen molar-refractivity contribution in [3.8, 4) is 0 Å². The first-order valence-electron chi connectivity index (χ1n) is 11.8. The molecule has 2 aliphatic carbocycles. The fourth-order valence-corrected chi connectivity index (χ4v) is 5.45. The van der Waals surface area contributed by atoms with Gasteiger partial charge in [-0.3, -0.25) is 4.90 Å². The van der Waals surface area contributed by atoms with Crippen LogP contribution in [0.4, 0.5) is 0 Å². The molecule has 3 atom stereocenters. The van der Waals surface area contributed by atoms with Gasteiger partial charge in [-0.15, -0.1) is 34.2 Å². The third-order valence-corrected chi connectivity index (χ3v) is 7.72. The second-order valence-electron chi connectivity index (χ2n) is 9.16. The summed E-state index contributed by atoms with van der Waals surface area (Å²) in [5.41, 5.74) is 0.308. The number of hydrogen-bond acceptors (Lipinski definition) is 5. The van der Waals surface area contributed by atoms with E-state index in [-0.39, 0.29) is 24.0 Å². The van der Waals surface area contributed by atoms with E-state index in [0.29, 0.717) is 30.1 Å². The molecular weight excluding hydrogens is 505 g/mol. The summed E-state index contributed by atoms with van der Waals surface area (Å²) in [4.78, 5) is 7.48. The Morgan fingerprint density at radius 2 is 2.06 bits per heavy atom. The number of rotatable bonds is 8. The fraction of sp³-hybridized carbons (Fsp3) is 0.864. The molecule has 1 aromatic rings. The molecule has 0 aromatic carbocycles. The van der Waals surface area contributed by atoms with Crippen molar-refractivity contribution in [3.63, 3.8) is 0 Å². The molecule has 2 N–H and O–H groups in total. The van der Waals surface area contributed by atoms with Gasteiger partial charge in [0.1, 0.15) is 12.4 Å². The molecule has 9 heteroatoms. The van der Waals surface area contributed by atoms with Crippen LogP contribution >= 0.6 is 24.0 Å². The van der Waals surface area contributed by atoms with Gasteiger partial charge in [0.15, 0.2) is 11.8 Å². The molecule has 1 aliphatic heterocycles. The molecule has 1 saturated heterocycles. The summed E-state index contributed by atoms with van der Waals surface area (Å²) in [6, 6.07) is 1.04. The summed E-state index contributed by atoms with van der Waals surface area (Å²) >= 11 is 0. The van der Waals surface area contributed by atoms with Gasteiger partial charge in [0.25, 0.3) is 0 Å². The summed E-state index contributed by atoms with van der Waals surface area (Å²) < 4.78 is 8.05. The van der Waals surface area contributed by atoms with Crippen LogP contribution in [0, 0.1) is 12.3 Å². The molecule has 0 amide bonds. The van der Waals surface area contributed by atoms with Gasteiger partial charge in [-0.2, -0.15) is 0 Å². The molecule has 31 heavy (non-hydrogen) atoms. The molecule has 0 bridgehead atoms. The maximum absolute atomic E-state index is 6.04. The molecule has 3 aliphatic rings. The molecule has 8 nitrogen and oxygen atoms in total. The largest absolute Gasteiger partial charge is 0.378 e. The first-order valence-corrected chi connectivity index (χ1v) is 11.8. The summed E-state index contributed by atoms with van der Waals surface area (Å²) in [6.07, 6.45) is 7.86. The predicted molar refractivity (Wildman–Crippen MR) is 134 cm³/mol. The van der Waals surface area contributed by atoms with Crippen LogP contribution in [-0.2, 0) is 18.3 Å². The van der Waals surface area contributed by atoms with Crippen LogP contribution in [-0.4, -0.2) is 70.1 Å². The summed E-state index contributed by atoms with van der Waals surface area (Å²) in [5.74, 6) is 2.72. The van der Waals surface area contributed by atoms with Crippen LogP contribution in [0.25, 0.3) is 0 Å². The zero-order valence-electron chi connectivity index (χ0n) is 19.6. The van der Waals surface area contributed by atoms with Gasteiger partial charge in [0.2, 0.25) is 0 Å². The summed E-state index contributed by atoms with van der Waals surface area (Å²) in [6.45, 7) is 10.9. The SMILES string of the molecule is CCOC1CC(NC(=NCc2nnc(C)n2C)NCC2CCCN2CC)C12CCC2.I. The number of nitrogens with zero attached hydrogens (tertiary/aromatic N) is 5. The Hall–Kier alpha value is -0.940. The normalized spacial score (nSPS) is 27.5. The van der Waals surface area contributed by atoms with E-state index in [1.165, 1.54) is 38.6 Å². The number of likely N-dealkylation sites (N-methyl/N-ethyl adjacent to an activating group) is 1. The first kappa shape index (κ1) is 24.7. The maximum Gasteiger partial charge on any atom is 0.192 e. The lowest BCUT2D eigenvalue weighted by molar-refractivity contribution is -0.168. The molecule has 2 heterocycles. The minimum Gasteiger partial charge on any atom is -0.378 e. The lowest BCUT2D eigenvalue weighted by atomic mass is 9.51. The minimum atomic E-state index is 0. The third kappa shape index (κ3) is 5.03. The Labute approximate surface area is 204 Å². The first-order chi connectivity index (χ1) is 14.6. The van der Waals surface area contributed by atoms with Crippen LogP contribution < -0.4 is 10.6 Å². The van der Waals surface area contributed by atoms with E-state index in [2.05, 4.69) is 39.6 Å². The van der Waals surface area contributed by atoms with Crippen molar-refractivity contribution in [3.05, 3.63) is 11.6 Å². The number of aromatic nitrogens is 3. The standard InChI is InChI=1S/C22H39N7O.HI/c1-5-29-12-7-9-17(29)14-23-21(24-15-20-27-26-16(3)28(20)4)25-18-13-19(30-6-2)22(18)10-8-11-22;/h17-19H,5-15H2,1-4H3,(H2,23,24,25);1H. The zero-order valence-corrected chi connectivity index (χ0v) is 21.9. The van der Waals surface area contributed by atoms with Crippen molar-refractivity contribution < 1.29 is 4.74 Å². The van der Waals surface area contributed by atoms with Crippen LogP contribution in [0.5, 0.6) is 0 Å². The van der Waals surface area contributed by atoms with E-state index in [4.69, 9.17) is 9.73 Å². The minimum absolute atomic E-state index is 0. The van der Waals surface area contributed by atoms with Gasteiger partial charge in [0.05, 0.1) is 6.10 Å². The van der Waals surface area contributed by atoms with E-state index in [9.17, 15) is 0 Å². The van der Waals surface area contributed by atoms with Crippen molar-refractivity contribution in [2.75, 3.05) is 26.2 Å². The molecule has 2 saturated carbocycles. The van der Waals surface area contributed by atoms with Gasteiger partial charge < -0.3 is 19.9 Å². The topological polar surface area (TPSA) is 79.6 Å². The van der Waals surface area contributed by atoms with E-state index < -0.39 is 0 Å². The van der Waals surface area contributed by atoms with Gasteiger partial charge in [-0.25, -0.2) is 4.99 Å². The van der Waals surface area contributed by atoms with Crippen LogP contribution in [0.15, 0.2) is 4.99 Å². The van der Waals surface area contributed by atoms with E-state index >= 15 is 0 Å². The van der Waals surface area contributed by atoms with E-state index in [1.54, 1.807) is 0 Å². The summed E-state index contributed by atoms with van der Waals surface area (Å²) in [7, 11) is 2.00. The smallest absolute Gasteiger partial charge is 0.192 e. The number of ether oxygens (including phenoxy) is 1. The predicted octanol–water partition coefficient (Wildman–Crippen LogP) is 2.61. The van der Waals surface area contributed by atoms with Crippen LogP contribution in [0.3, 0.4) is 0 Å². The van der Waals surface area contributed by atoms with Crippen LogP contribution in [0.2, 0.25) is 0 Å². The van der Waals surface area contributed by atoms with Crippen molar-refractivity contribution in [2.24, 2.45) is 17.5 Å². The lowest BCUT2D eigenvalue weighted by Gasteiger charge is -2.61. The Bertz CT molecular complexity index is 748. The van der Waals surface area contributed by atoms with Gasteiger partial charge in [-0.05, 0) is 59.0 Å². The Morgan fingerprint density at radius 1 is 1.26 bits per heavy atom. The number of halogens is 1. The average molecular weight is 546 g/mol. The lowest BCUT2D eigenvalue weighted by Crippen LogP contribution is -2.68. The maximum atomic E-state index is 6.04. The number of likely N-dealkylation sites (tertiary alicyclic amines) is 1. The summed E-state index contributed by atoms with van der Waals surface area (Å²) in [5, 5.41) is 15.9. The molecule has 3 unspecified atom stereocenters. The highest BCUT2D eigenvalue weighted by atomic mass is 127. The van der Waals surface area contributed by atoms with Gasteiger partial charge >= 0.3 is 0 Å². The molecule has 1 spiro atoms. The highest BCUT2D eigenvalue weighted by molar-refractivity contribution is 14.0. The molecule has 1 aromatic heterocycles. The van der Waals surface area contributed by atoms with Gasteiger partial charge in [-0.1, -0.05) is 13.3 Å². The van der Waals surface area contributed by atoms with Crippen molar-refractivity contribution in [2.45, 2.75) is 84.0 Å². The van der Waals surface area contributed by atoms with Crippen molar-refractivity contribution >= 4 is 29.9 Å². The van der Waals surface area contributed by atoms with Crippen LogP contribution in [0.1, 0.15) is 64.0 Å². The molecule has 3 fully saturated rings. The molecule has 176 valence electrons. The number of guanidine groups is 1. The average Bonchev–Trinajstić information content (AvgIpc) is 3.28. The van der Waals surface area contributed by atoms with Crippen molar-refractivity contribution in [1.82, 2.24) is 30.3 Å². The Morgan fingerprint density at radius 3 is 2.68 bits per heavy atom. The zero-order chi connectivity index (χ0) is 21.1. The Balaban J connectivity index is 0.00000272. The highest BCUT2D eigenvalue weighted by Crippen LogP contribution is 2.57. The number of hydrogen-bond donors (Lipinski definition) is 2. The van der Waals surface area contributed by atoms with Gasteiger partial charge in [0, 0.05) is 37.7 Å². The second-order valence-corrected chi connectivity index (χ2v) is 9.16. The number of nitrogens with one attached hydrogen (secondary N) is 2. The fourth-order valence-electron chi connectivity index (χ4n) is 5.45. The molecule has 4 rings (SSSR count). The third-order valence-electron chi connectivity index (χ3n) is 7.72. The van der Waals surface area contributed by atoms with E-state index in [1.807, 2.05) is 18.5 Å². The van der Waals surface area contributed by atoms with E-state index in [0.717, 1.165) is 43.7 Å². The monoisotopic (exact) mass is 545 g/mol. The van der Waals surface area contributed by atoms with Crippen molar-refractivity contribution in [1.29, 1.82) is 0 Å². The number of aliphatic imine (C=N–C) groups is 1. The molecular formula is C22H40IN7O. The quantitative estimate of drug-likeness (QED) is 0.297. The second kappa shape index (κ2) is 10.8. The number of aryl methyl sites for hydroxylation is 1. The molecule has 0 radical (unpaired) electrons. The Kier molecular flexibility index (Phi) is 8.59.